The van der Waals surface area contributed by atoms with Gasteiger partial charge in [-0.3, -0.25) is 4.79 Å². The topological polar surface area (TPSA) is 29.1 Å². The minimum atomic E-state index is -1.38. The molecule has 0 heterocycles. The predicted octanol–water partition coefficient (Wildman–Crippen LogP) is 4.77. The van der Waals surface area contributed by atoms with Crippen molar-refractivity contribution in [2.75, 3.05) is 5.32 Å². The first kappa shape index (κ1) is 14.9. The van der Waals surface area contributed by atoms with Crippen LogP contribution in [0.3, 0.4) is 0 Å². The fourth-order valence-electron chi connectivity index (χ4n) is 1.53. The lowest BCUT2D eigenvalue weighted by Crippen LogP contribution is -2.14. The third-order valence-electron chi connectivity index (χ3n) is 2.37. The maximum absolute atomic E-state index is 13.4. The van der Waals surface area contributed by atoms with Crippen LogP contribution < -0.4 is 5.32 Å². The zero-order valence-electron chi connectivity index (χ0n) is 9.68. The van der Waals surface area contributed by atoms with E-state index < -0.39 is 29.0 Å². The molecule has 0 fully saturated rings. The Hall–Kier alpha value is -1.53. The molecule has 0 bridgehead atoms. The molecule has 20 heavy (non-hydrogen) atoms. The number of carbonyl (C=O) groups excluding carboxylic acids is 1. The van der Waals surface area contributed by atoms with E-state index in [1.807, 2.05) is 0 Å². The molecule has 0 aliphatic rings. The summed E-state index contributed by atoms with van der Waals surface area (Å²) in [5.41, 5.74) is -0.461. The van der Waals surface area contributed by atoms with Crippen LogP contribution in [-0.2, 0) is 0 Å². The van der Waals surface area contributed by atoms with Gasteiger partial charge in [0.1, 0.15) is 5.82 Å². The maximum atomic E-state index is 13.4. The lowest BCUT2D eigenvalue weighted by Gasteiger charge is -2.08. The van der Waals surface area contributed by atoms with Crippen molar-refractivity contribution in [3.05, 3.63) is 62.8 Å². The van der Waals surface area contributed by atoms with Crippen LogP contribution in [0, 0.1) is 17.5 Å². The summed E-state index contributed by atoms with van der Waals surface area (Å²) in [6.07, 6.45) is 0. The van der Waals surface area contributed by atoms with E-state index in [1.165, 1.54) is 12.1 Å². The molecule has 104 valence electrons. The molecule has 0 aliphatic heterocycles. The molecule has 2 rings (SSSR count). The molecule has 0 atom stereocenters. The molecular formula is C13H6BrClF3NO. The second-order valence-electron chi connectivity index (χ2n) is 3.86. The molecule has 0 aromatic heterocycles. The molecule has 2 nitrogen and oxygen atoms in total. The second kappa shape index (κ2) is 5.85. The second-order valence-corrected chi connectivity index (χ2v) is 5.21. The highest BCUT2D eigenvalue weighted by atomic mass is 79.9. The Balaban J connectivity index is 2.32. The van der Waals surface area contributed by atoms with Crippen LogP contribution >= 0.6 is 27.5 Å². The van der Waals surface area contributed by atoms with Gasteiger partial charge < -0.3 is 5.32 Å². The Bertz CT molecular complexity index is 673. The number of amides is 1. The van der Waals surface area contributed by atoms with Crippen LogP contribution in [0.25, 0.3) is 0 Å². The normalized spacial score (nSPS) is 10.4. The summed E-state index contributed by atoms with van der Waals surface area (Å²) in [5, 5.41) is 2.38. The lowest BCUT2D eigenvalue weighted by atomic mass is 10.2. The van der Waals surface area contributed by atoms with E-state index in [-0.39, 0.29) is 10.6 Å². The van der Waals surface area contributed by atoms with Crippen molar-refractivity contribution in [3.8, 4) is 0 Å². The van der Waals surface area contributed by atoms with Crippen molar-refractivity contribution in [1.82, 2.24) is 0 Å². The molecule has 0 radical (unpaired) electrons. The number of halogens is 5. The van der Waals surface area contributed by atoms with Crippen molar-refractivity contribution < 1.29 is 18.0 Å². The van der Waals surface area contributed by atoms with E-state index in [9.17, 15) is 18.0 Å². The molecule has 0 aliphatic carbocycles. The highest BCUT2D eigenvalue weighted by molar-refractivity contribution is 9.10. The van der Waals surface area contributed by atoms with Gasteiger partial charge in [-0.25, -0.2) is 13.2 Å². The first-order valence-corrected chi connectivity index (χ1v) is 6.46. The van der Waals surface area contributed by atoms with Crippen LogP contribution in [0.5, 0.6) is 0 Å². The maximum Gasteiger partial charge on any atom is 0.255 e. The monoisotopic (exact) mass is 363 g/mol. The van der Waals surface area contributed by atoms with Crippen LogP contribution in [0.1, 0.15) is 10.4 Å². The zero-order valence-corrected chi connectivity index (χ0v) is 12.0. The van der Waals surface area contributed by atoms with Gasteiger partial charge in [-0.05, 0) is 18.2 Å². The number of hydrogen-bond donors (Lipinski definition) is 1. The number of nitrogens with one attached hydrogen (secondary N) is 1. The Morgan fingerprint density at radius 1 is 1.10 bits per heavy atom. The van der Waals surface area contributed by atoms with Crippen LogP contribution in [0.15, 0.2) is 34.8 Å². The first-order chi connectivity index (χ1) is 9.36. The molecule has 2 aromatic rings. The standard InChI is InChI=1S/C13H6BrClF3NO/c14-7-1-6(2-8(15)3-7)13(20)19-11-5-9(16)4-10(17)12(11)18/h1-5H,(H,19,20). The molecule has 0 saturated heterocycles. The summed E-state index contributed by atoms with van der Waals surface area (Å²) in [6, 6.07) is 5.42. The van der Waals surface area contributed by atoms with Crippen molar-refractivity contribution in [2.24, 2.45) is 0 Å². The van der Waals surface area contributed by atoms with Gasteiger partial charge in [-0.2, -0.15) is 0 Å². The smallest absolute Gasteiger partial charge is 0.255 e. The summed E-state index contributed by atoms with van der Waals surface area (Å²) in [5.74, 6) is -4.45. The predicted molar refractivity (Wildman–Crippen MR) is 73.4 cm³/mol. The molecule has 7 heteroatoms. The highest BCUT2D eigenvalue weighted by Crippen LogP contribution is 2.23. The number of carbonyl (C=O) groups is 1. The van der Waals surface area contributed by atoms with Crippen molar-refractivity contribution in [3.63, 3.8) is 0 Å². The molecule has 1 amide bonds. The Labute approximate surface area is 125 Å². The van der Waals surface area contributed by atoms with Crippen molar-refractivity contribution in [1.29, 1.82) is 0 Å². The highest BCUT2D eigenvalue weighted by Gasteiger charge is 2.15. The Kier molecular flexibility index (Phi) is 4.35. The summed E-state index contributed by atoms with van der Waals surface area (Å²) in [4.78, 5) is 11.9. The minimum absolute atomic E-state index is 0.119. The quantitative estimate of drug-likeness (QED) is 0.764. The van der Waals surface area contributed by atoms with Crippen LogP contribution in [0.4, 0.5) is 18.9 Å². The van der Waals surface area contributed by atoms with Gasteiger partial charge in [-0.1, -0.05) is 27.5 Å². The number of anilines is 1. The third-order valence-corrected chi connectivity index (χ3v) is 3.04. The van der Waals surface area contributed by atoms with E-state index in [4.69, 9.17) is 11.6 Å². The average molecular weight is 365 g/mol. The Morgan fingerprint density at radius 2 is 1.80 bits per heavy atom. The number of benzene rings is 2. The SMILES string of the molecule is O=C(Nc1cc(F)cc(F)c1F)c1cc(Cl)cc(Br)c1. The van der Waals surface area contributed by atoms with Gasteiger partial charge in [0.15, 0.2) is 11.6 Å². The van der Waals surface area contributed by atoms with Gasteiger partial charge in [0.25, 0.3) is 5.91 Å². The first-order valence-electron chi connectivity index (χ1n) is 5.29. The molecule has 1 N–H and O–H groups in total. The van der Waals surface area contributed by atoms with Crippen LogP contribution in [-0.4, -0.2) is 5.91 Å². The van der Waals surface area contributed by atoms with Gasteiger partial charge in [0.2, 0.25) is 0 Å². The fourth-order valence-corrected chi connectivity index (χ4v) is 2.39. The molecular weight excluding hydrogens is 358 g/mol. The molecule has 0 spiro atoms. The van der Waals surface area contributed by atoms with Gasteiger partial charge in [0, 0.05) is 27.2 Å². The van der Waals surface area contributed by atoms with Crippen molar-refractivity contribution >= 4 is 39.1 Å². The molecule has 2 aromatic carbocycles. The van der Waals surface area contributed by atoms with E-state index in [1.54, 1.807) is 6.07 Å². The fraction of sp³-hybridized carbons (Fsp3) is 0. The van der Waals surface area contributed by atoms with E-state index in [0.29, 0.717) is 16.6 Å². The largest absolute Gasteiger partial charge is 0.319 e. The zero-order chi connectivity index (χ0) is 14.9. The summed E-state index contributed by atoms with van der Waals surface area (Å²) in [6.45, 7) is 0. The van der Waals surface area contributed by atoms with E-state index in [2.05, 4.69) is 21.2 Å². The summed E-state index contributed by atoms with van der Waals surface area (Å²) < 4.78 is 40.0. The van der Waals surface area contributed by atoms with Crippen molar-refractivity contribution in [2.45, 2.75) is 0 Å². The number of rotatable bonds is 2. The summed E-state index contributed by atoms with van der Waals surface area (Å²) in [7, 11) is 0. The van der Waals surface area contributed by atoms with Gasteiger partial charge >= 0.3 is 0 Å². The van der Waals surface area contributed by atoms with E-state index in [0.717, 1.165) is 0 Å². The van der Waals surface area contributed by atoms with E-state index >= 15 is 0 Å². The molecule has 0 saturated carbocycles. The lowest BCUT2D eigenvalue weighted by molar-refractivity contribution is 0.102. The van der Waals surface area contributed by atoms with Gasteiger partial charge in [0.05, 0.1) is 5.69 Å². The third kappa shape index (κ3) is 3.32. The molecule has 0 unspecified atom stereocenters. The average Bonchev–Trinajstić information content (AvgIpc) is 2.34. The Morgan fingerprint density at radius 3 is 2.45 bits per heavy atom. The minimum Gasteiger partial charge on any atom is -0.319 e. The summed E-state index contributed by atoms with van der Waals surface area (Å²) >= 11 is 8.92. The van der Waals surface area contributed by atoms with Gasteiger partial charge in [-0.15, -0.1) is 0 Å². The number of hydrogen-bond acceptors (Lipinski definition) is 1. The van der Waals surface area contributed by atoms with Crippen LogP contribution in [0.2, 0.25) is 5.02 Å².